The lowest BCUT2D eigenvalue weighted by Gasteiger charge is -2.08. The van der Waals surface area contributed by atoms with Crippen molar-refractivity contribution >= 4 is 33.2 Å². The molecule has 20 heavy (non-hydrogen) atoms. The van der Waals surface area contributed by atoms with Gasteiger partial charge in [-0.25, -0.2) is 0 Å². The second-order valence-corrected chi connectivity index (χ2v) is 4.84. The van der Waals surface area contributed by atoms with Crippen LogP contribution >= 0.6 is 27.5 Å². The Morgan fingerprint density at radius 1 is 1.30 bits per heavy atom. The van der Waals surface area contributed by atoms with E-state index in [1.54, 1.807) is 18.2 Å². The van der Waals surface area contributed by atoms with Crippen molar-refractivity contribution in [2.45, 2.75) is 5.33 Å². The molecule has 2 rings (SSSR count). The Kier molecular flexibility index (Phi) is 4.57. The van der Waals surface area contributed by atoms with Gasteiger partial charge in [-0.15, -0.1) is 0 Å². The maximum absolute atomic E-state index is 13.5. The fourth-order valence-corrected chi connectivity index (χ4v) is 2.13. The first-order valence-electron chi connectivity index (χ1n) is 5.47. The Morgan fingerprint density at radius 2 is 2.05 bits per heavy atom. The van der Waals surface area contributed by atoms with Crippen LogP contribution in [0.25, 0.3) is 0 Å². The summed E-state index contributed by atoms with van der Waals surface area (Å²) in [6, 6.07) is 8.48. The van der Waals surface area contributed by atoms with Gasteiger partial charge in [0.15, 0.2) is 0 Å². The smallest absolute Gasteiger partial charge is 0.305 e. The van der Waals surface area contributed by atoms with E-state index >= 15 is 0 Å². The fourth-order valence-electron chi connectivity index (χ4n) is 1.54. The van der Waals surface area contributed by atoms with E-state index in [1.165, 1.54) is 6.07 Å². The van der Waals surface area contributed by atoms with Gasteiger partial charge in [-0.1, -0.05) is 33.6 Å². The highest BCUT2D eigenvalue weighted by molar-refractivity contribution is 9.08. The van der Waals surface area contributed by atoms with Crippen molar-refractivity contribution in [1.82, 2.24) is 0 Å². The Bertz CT molecular complexity index is 666. The van der Waals surface area contributed by atoms with Crippen LogP contribution in [0.5, 0.6) is 11.5 Å². The molecule has 0 aliphatic carbocycles. The van der Waals surface area contributed by atoms with Gasteiger partial charge in [0.1, 0.15) is 11.5 Å². The molecule has 0 atom stereocenters. The average Bonchev–Trinajstić information content (AvgIpc) is 2.40. The number of rotatable bonds is 4. The molecule has 2 aromatic carbocycles. The number of hydrogen-bond donors (Lipinski definition) is 0. The third-order valence-electron chi connectivity index (χ3n) is 2.49. The molecule has 0 unspecified atom stereocenters. The van der Waals surface area contributed by atoms with E-state index in [4.69, 9.17) is 16.3 Å². The number of alkyl halides is 1. The van der Waals surface area contributed by atoms with Crippen LogP contribution in [0.15, 0.2) is 36.4 Å². The molecule has 0 saturated carbocycles. The zero-order valence-electron chi connectivity index (χ0n) is 9.98. The first-order valence-corrected chi connectivity index (χ1v) is 6.97. The molecule has 0 saturated heterocycles. The predicted molar refractivity (Wildman–Crippen MR) is 77.2 cm³/mol. The van der Waals surface area contributed by atoms with Crippen LogP contribution < -0.4 is 4.74 Å². The number of hydrogen-bond acceptors (Lipinski definition) is 3. The standard InChI is InChI=1S/C13H8BrClFNO3/c14-7-8-1-4-13(10(15)5-8)20-9-2-3-12(17(18)19)11(16)6-9/h1-6H,7H2. The van der Waals surface area contributed by atoms with Gasteiger partial charge in [0.05, 0.1) is 9.95 Å². The molecule has 7 heteroatoms. The summed E-state index contributed by atoms with van der Waals surface area (Å²) in [5.74, 6) is -0.466. The number of nitro groups is 1. The quantitative estimate of drug-likeness (QED) is 0.434. The summed E-state index contributed by atoms with van der Waals surface area (Å²) in [4.78, 5) is 9.72. The average molecular weight is 361 g/mol. The molecule has 0 aromatic heterocycles. The summed E-state index contributed by atoms with van der Waals surface area (Å²) in [6.45, 7) is 0. The van der Waals surface area contributed by atoms with Gasteiger partial charge < -0.3 is 4.74 Å². The van der Waals surface area contributed by atoms with Gasteiger partial charge in [0.25, 0.3) is 0 Å². The van der Waals surface area contributed by atoms with Crippen LogP contribution in [0.1, 0.15) is 5.56 Å². The molecule has 0 spiro atoms. The third kappa shape index (κ3) is 3.26. The van der Waals surface area contributed by atoms with Crippen LogP contribution in [0.4, 0.5) is 10.1 Å². The molecular formula is C13H8BrClFNO3. The second-order valence-electron chi connectivity index (χ2n) is 3.87. The summed E-state index contributed by atoms with van der Waals surface area (Å²) in [5, 5.41) is 11.5. The van der Waals surface area contributed by atoms with Gasteiger partial charge >= 0.3 is 5.69 Å². The van der Waals surface area contributed by atoms with Crippen molar-refractivity contribution in [3.63, 3.8) is 0 Å². The van der Waals surface area contributed by atoms with E-state index in [0.717, 1.165) is 17.7 Å². The number of nitro benzene ring substituents is 1. The first-order chi connectivity index (χ1) is 9.51. The molecule has 0 amide bonds. The lowest BCUT2D eigenvalue weighted by atomic mass is 10.2. The number of ether oxygens (including phenoxy) is 1. The number of halogens is 3. The van der Waals surface area contributed by atoms with Crippen molar-refractivity contribution in [2.24, 2.45) is 0 Å². The largest absolute Gasteiger partial charge is 0.456 e. The Balaban J connectivity index is 2.26. The van der Waals surface area contributed by atoms with Crippen molar-refractivity contribution in [2.75, 3.05) is 0 Å². The molecule has 0 heterocycles. The number of nitrogens with zero attached hydrogens (tertiary/aromatic N) is 1. The third-order valence-corrected chi connectivity index (χ3v) is 3.44. The molecule has 0 N–H and O–H groups in total. The van der Waals surface area contributed by atoms with Gasteiger partial charge in [0.2, 0.25) is 5.82 Å². The highest BCUT2D eigenvalue weighted by Crippen LogP contribution is 2.32. The molecule has 0 bridgehead atoms. The molecule has 2 aromatic rings. The van der Waals surface area contributed by atoms with E-state index in [9.17, 15) is 14.5 Å². The second kappa shape index (κ2) is 6.19. The summed E-state index contributed by atoms with van der Waals surface area (Å²) >= 11 is 9.33. The maximum Gasteiger partial charge on any atom is 0.305 e. The minimum absolute atomic E-state index is 0.140. The van der Waals surface area contributed by atoms with Crippen LogP contribution in [0, 0.1) is 15.9 Å². The Morgan fingerprint density at radius 3 is 2.60 bits per heavy atom. The zero-order valence-corrected chi connectivity index (χ0v) is 12.3. The molecule has 0 fully saturated rings. The van der Waals surface area contributed by atoms with Crippen molar-refractivity contribution in [3.05, 3.63) is 62.9 Å². The molecular weight excluding hydrogens is 353 g/mol. The van der Waals surface area contributed by atoms with E-state index in [-0.39, 0.29) is 5.75 Å². The van der Waals surface area contributed by atoms with E-state index < -0.39 is 16.4 Å². The first kappa shape index (κ1) is 14.7. The molecule has 104 valence electrons. The van der Waals surface area contributed by atoms with Crippen LogP contribution in [0.3, 0.4) is 0 Å². The minimum atomic E-state index is -0.958. The SMILES string of the molecule is O=[N+]([O-])c1ccc(Oc2ccc(CBr)cc2Cl)cc1F. The fraction of sp³-hybridized carbons (Fsp3) is 0.0769. The normalized spacial score (nSPS) is 10.3. The lowest BCUT2D eigenvalue weighted by Crippen LogP contribution is -1.93. The molecule has 0 aliphatic heterocycles. The van der Waals surface area contributed by atoms with Crippen molar-refractivity contribution < 1.29 is 14.1 Å². The monoisotopic (exact) mass is 359 g/mol. The highest BCUT2D eigenvalue weighted by Gasteiger charge is 2.15. The van der Waals surface area contributed by atoms with Crippen LogP contribution in [-0.4, -0.2) is 4.92 Å². The lowest BCUT2D eigenvalue weighted by molar-refractivity contribution is -0.387. The summed E-state index contributed by atoms with van der Waals surface area (Å²) in [5.41, 5.74) is 0.371. The molecule has 0 radical (unpaired) electrons. The minimum Gasteiger partial charge on any atom is -0.456 e. The van der Waals surface area contributed by atoms with E-state index in [2.05, 4.69) is 15.9 Å². The van der Waals surface area contributed by atoms with Crippen molar-refractivity contribution in [3.8, 4) is 11.5 Å². The Hall–Kier alpha value is -1.66. The molecule has 4 nitrogen and oxygen atoms in total. The highest BCUT2D eigenvalue weighted by atomic mass is 79.9. The topological polar surface area (TPSA) is 52.4 Å². The number of benzene rings is 2. The van der Waals surface area contributed by atoms with Gasteiger partial charge in [0, 0.05) is 17.5 Å². The summed E-state index contributed by atoms with van der Waals surface area (Å²) in [7, 11) is 0. The van der Waals surface area contributed by atoms with Crippen molar-refractivity contribution in [1.29, 1.82) is 0 Å². The zero-order chi connectivity index (χ0) is 14.7. The van der Waals surface area contributed by atoms with E-state index in [0.29, 0.717) is 16.1 Å². The van der Waals surface area contributed by atoms with Gasteiger partial charge in [-0.3, -0.25) is 10.1 Å². The predicted octanol–water partition coefficient (Wildman–Crippen LogP) is 5.07. The maximum atomic E-state index is 13.5. The Labute approximate surface area is 127 Å². The summed E-state index contributed by atoms with van der Waals surface area (Å²) < 4.78 is 18.9. The van der Waals surface area contributed by atoms with E-state index in [1.807, 2.05) is 0 Å². The summed E-state index contributed by atoms with van der Waals surface area (Å²) in [6.07, 6.45) is 0. The van der Waals surface area contributed by atoms with Crippen LogP contribution in [0.2, 0.25) is 5.02 Å². The molecule has 0 aliphatic rings. The van der Waals surface area contributed by atoms with Gasteiger partial charge in [-0.05, 0) is 23.8 Å². The van der Waals surface area contributed by atoms with Crippen LogP contribution in [-0.2, 0) is 5.33 Å². The van der Waals surface area contributed by atoms with Gasteiger partial charge in [-0.2, -0.15) is 4.39 Å².